The molecule has 4 nitrogen and oxygen atoms in total. The molecule has 18 heavy (non-hydrogen) atoms. The largest absolute Gasteiger partial charge is 0.405 e. The normalized spacial score (nSPS) is 23.7. The van der Waals surface area contributed by atoms with E-state index in [1.54, 1.807) is 0 Å². The molecule has 0 radical (unpaired) electrons. The molecule has 2 atom stereocenters. The van der Waals surface area contributed by atoms with Crippen molar-refractivity contribution in [1.29, 1.82) is 0 Å². The summed E-state index contributed by atoms with van der Waals surface area (Å²) in [5, 5.41) is 8.85. The molecule has 1 heterocycles. The van der Waals surface area contributed by atoms with Gasteiger partial charge in [-0.2, -0.15) is 13.2 Å². The molecule has 0 aliphatic carbocycles. The van der Waals surface area contributed by atoms with E-state index in [-0.39, 0.29) is 6.61 Å². The third-order valence-electron chi connectivity index (χ3n) is 3.27. The molecule has 1 aliphatic rings. The fraction of sp³-hybridized carbons (Fsp3) is 1.00. The summed E-state index contributed by atoms with van der Waals surface area (Å²) in [5.74, 6) is 0. The first-order chi connectivity index (χ1) is 8.36. The molecule has 0 aromatic rings. The van der Waals surface area contributed by atoms with Crippen LogP contribution in [0.1, 0.15) is 13.3 Å². The fourth-order valence-corrected chi connectivity index (χ4v) is 2.47. The zero-order valence-electron chi connectivity index (χ0n) is 10.7. The van der Waals surface area contributed by atoms with Crippen molar-refractivity contribution < 1.29 is 18.3 Å². The van der Waals surface area contributed by atoms with E-state index in [1.165, 1.54) is 11.8 Å². The monoisotopic (exact) mass is 269 g/mol. The molecule has 0 amide bonds. The van der Waals surface area contributed by atoms with Gasteiger partial charge in [0.05, 0.1) is 6.61 Å². The molecule has 108 valence electrons. The number of nitrogens with two attached hydrogens (primary N) is 1. The Morgan fingerprint density at radius 3 is 2.39 bits per heavy atom. The summed E-state index contributed by atoms with van der Waals surface area (Å²) in [7, 11) is 0. The van der Waals surface area contributed by atoms with Crippen LogP contribution in [0.5, 0.6) is 0 Å². The Bertz CT molecular complexity index is 248. The van der Waals surface area contributed by atoms with Crippen molar-refractivity contribution in [3.8, 4) is 0 Å². The van der Waals surface area contributed by atoms with E-state index in [0.717, 1.165) is 6.54 Å². The second-order valence-electron chi connectivity index (χ2n) is 4.80. The lowest BCUT2D eigenvalue weighted by atomic mass is 10.1. The van der Waals surface area contributed by atoms with Gasteiger partial charge in [0, 0.05) is 32.2 Å². The summed E-state index contributed by atoms with van der Waals surface area (Å²) >= 11 is 0. The highest BCUT2D eigenvalue weighted by molar-refractivity contribution is 4.87. The SMILES string of the molecule is CC(N)C(N1CCCN(CCO)CC1)C(F)(F)F. The van der Waals surface area contributed by atoms with Gasteiger partial charge in [0.1, 0.15) is 6.04 Å². The van der Waals surface area contributed by atoms with Crippen LogP contribution in [0.3, 0.4) is 0 Å². The molecular formula is C11H22F3N3O. The summed E-state index contributed by atoms with van der Waals surface area (Å²) in [4.78, 5) is 3.40. The Morgan fingerprint density at radius 2 is 1.89 bits per heavy atom. The van der Waals surface area contributed by atoms with Crippen LogP contribution in [0, 0.1) is 0 Å². The Morgan fingerprint density at radius 1 is 1.22 bits per heavy atom. The van der Waals surface area contributed by atoms with Gasteiger partial charge in [-0.3, -0.25) is 9.80 Å². The van der Waals surface area contributed by atoms with Crippen LogP contribution in [0.15, 0.2) is 0 Å². The minimum absolute atomic E-state index is 0.0377. The van der Waals surface area contributed by atoms with Crippen LogP contribution in [-0.2, 0) is 0 Å². The smallest absolute Gasteiger partial charge is 0.395 e. The number of hydrogen-bond donors (Lipinski definition) is 2. The topological polar surface area (TPSA) is 52.7 Å². The highest BCUT2D eigenvalue weighted by Gasteiger charge is 2.45. The van der Waals surface area contributed by atoms with E-state index in [9.17, 15) is 13.2 Å². The number of hydrogen-bond acceptors (Lipinski definition) is 4. The highest BCUT2D eigenvalue weighted by Crippen LogP contribution is 2.27. The van der Waals surface area contributed by atoms with Gasteiger partial charge < -0.3 is 10.8 Å². The van der Waals surface area contributed by atoms with Gasteiger partial charge in [-0.1, -0.05) is 0 Å². The van der Waals surface area contributed by atoms with E-state index >= 15 is 0 Å². The molecule has 1 aliphatic heterocycles. The summed E-state index contributed by atoms with van der Waals surface area (Å²) in [6, 6.07) is -2.51. The second-order valence-corrected chi connectivity index (χ2v) is 4.80. The van der Waals surface area contributed by atoms with Crippen molar-refractivity contribution in [3.63, 3.8) is 0 Å². The van der Waals surface area contributed by atoms with Gasteiger partial charge in [0.25, 0.3) is 0 Å². The maximum absolute atomic E-state index is 13.0. The molecule has 3 N–H and O–H groups in total. The lowest BCUT2D eigenvalue weighted by Gasteiger charge is -2.34. The number of aliphatic hydroxyl groups is 1. The number of alkyl halides is 3. The molecule has 1 saturated heterocycles. The quantitative estimate of drug-likeness (QED) is 0.769. The first-order valence-electron chi connectivity index (χ1n) is 6.26. The predicted octanol–water partition coefficient (Wildman–Crippen LogP) is 0.265. The summed E-state index contributed by atoms with van der Waals surface area (Å²) in [5.41, 5.74) is 5.48. The fourth-order valence-electron chi connectivity index (χ4n) is 2.47. The Labute approximate surface area is 106 Å². The average Bonchev–Trinajstić information content (AvgIpc) is 2.42. The minimum atomic E-state index is -4.29. The Hall–Kier alpha value is -0.370. The standard InChI is InChI=1S/C11H22F3N3O/c1-9(15)10(11(12,13)14)17-4-2-3-16(5-6-17)7-8-18/h9-10,18H,2-8,15H2,1H3. The van der Waals surface area contributed by atoms with Gasteiger partial charge in [-0.05, 0) is 19.9 Å². The molecule has 1 rings (SSSR count). The lowest BCUT2D eigenvalue weighted by Crippen LogP contribution is -2.55. The van der Waals surface area contributed by atoms with Crippen LogP contribution in [0.2, 0.25) is 0 Å². The Balaban J connectivity index is 2.64. The second kappa shape index (κ2) is 6.70. The van der Waals surface area contributed by atoms with Gasteiger partial charge in [-0.15, -0.1) is 0 Å². The first kappa shape index (κ1) is 15.7. The van der Waals surface area contributed by atoms with Crippen LogP contribution in [-0.4, -0.2) is 72.5 Å². The van der Waals surface area contributed by atoms with Crippen molar-refractivity contribution in [1.82, 2.24) is 9.80 Å². The van der Waals surface area contributed by atoms with E-state index < -0.39 is 18.3 Å². The third kappa shape index (κ3) is 4.38. The van der Waals surface area contributed by atoms with E-state index in [4.69, 9.17) is 10.8 Å². The van der Waals surface area contributed by atoms with Gasteiger partial charge in [0.2, 0.25) is 0 Å². The summed E-state index contributed by atoms with van der Waals surface area (Å²) in [6.45, 7) is 3.95. The molecule has 0 aromatic heterocycles. The van der Waals surface area contributed by atoms with Gasteiger partial charge in [-0.25, -0.2) is 0 Å². The van der Waals surface area contributed by atoms with Crippen LogP contribution >= 0.6 is 0 Å². The van der Waals surface area contributed by atoms with Crippen LogP contribution in [0.25, 0.3) is 0 Å². The van der Waals surface area contributed by atoms with E-state index in [1.807, 2.05) is 4.90 Å². The first-order valence-corrected chi connectivity index (χ1v) is 6.26. The molecule has 7 heteroatoms. The maximum Gasteiger partial charge on any atom is 0.405 e. The number of aliphatic hydroxyl groups excluding tert-OH is 1. The number of nitrogens with zero attached hydrogens (tertiary/aromatic N) is 2. The zero-order chi connectivity index (χ0) is 13.8. The average molecular weight is 269 g/mol. The summed E-state index contributed by atoms with van der Waals surface area (Å²) in [6.07, 6.45) is -3.63. The van der Waals surface area contributed by atoms with Crippen molar-refractivity contribution in [2.24, 2.45) is 5.73 Å². The van der Waals surface area contributed by atoms with Crippen LogP contribution in [0.4, 0.5) is 13.2 Å². The molecule has 1 fully saturated rings. The van der Waals surface area contributed by atoms with Gasteiger partial charge in [0.15, 0.2) is 0 Å². The van der Waals surface area contributed by atoms with Crippen LogP contribution < -0.4 is 5.73 Å². The van der Waals surface area contributed by atoms with E-state index in [2.05, 4.69) is 0 Å². The molecular weight excluding hydrogens is 247 g/mol. The highest BCUT2D eigenvalue weighted by atomic mass is 19.4. The molecule has 0 spiro atoms. The van der Waals surface area contributed by atoms with E-state index in [0.29, 0.717) is 32.6 Å². The van der Waals surface area contributed by atoms with Crippen molar-refractivity contribution in [3.05, 3.63) is 0 Å². The predicted molar refractivity (Wildman–Crippen MR) is 63.2 cm³/mol. The molecule has 0 aromatic carbocycles. The number of β-amino-alcohol motifs (C(OH)–C–C–N with tert-alkyl or cyclic N) is 1. The van der Waals surface area contributed by atoms with Crippen molar-refractivity contribution >= 4 is 0 Å². The third-order valence-corrected chi connectivity index (χ3v) is 3.27. The summed E-state index contributed by atoms with van der Waals surface area (Å²) < 4.78 is 38.9. The number of rotatable bonds is 4. The van der Waals surface area contributed by atoms with Crippen molar-refractivity contribution in [2.45, 2.75) is 31.6 Å². The molecule has 0 saturated carbocycles. The maximum atomic E-state index is 13.0. The lowest BCUT2D eigenvalue weighted by molar-refractivity contribution is -0.187. The zero-order valence-corrected chi connectivity index (χ0v) is 10.7. The number of halogens is 3. The minimum Gasteiger partial charge on any atom is -0.395 e. The Kier molecular flexibility index (Phi) is 5.84. The van der Waals surface area contributed by atoms with Gasteiger partial charge >= 0.3 is 6.18 Å². The molecule has 0 bridgehead atoms. The van der Waals surface area contributed by atoms with Crippen molar-refractivity contribution in [2.75, 3.05) is 39.3 Å². The molecule has 2 unspecified atom stereocenters.